The van der Waals surface area contributed by atoms with Crippen molar-refractivity contribution in [1.82, 2.24) is 0 Å². The number of alkyl halides is 1. The largest absolute Gasteiger partial charge is 0.0928 e. The van der Waals surface area contributed by atoms with Gasteiger partial charge in [0.25, 0.3) is 0 Å². The van der Waals surface area contributed by atoms with Gasteiger partial charge in [-0.05, 0) is 37.3 Å². The number of halogens is 1. The average molecular weight is 241 g/mol. The van der Waals surface area contributed by atoms with Crippen molar-refractivity contribution in [1.29, 1.82) is 0 Å². The fourth-order valence-corrected chi connectivity index (χ4v) is 1.87. The highest BCUT2D eigenvalue weighted by molar-refractivity contribution is 9.09. The minimum Gasteiger partial charge on any atom is -0.0928 e. The zero-order valence-corrected chi connectivity index (χ0v) is 9.81. The maximum absolute atomic E-state index is 3.45. The highest BCUT2D eigenvalue weighted by atomic mass is 79.9. The molecule has 0 aliphatic carbocycles. The summed E-state index contributed by atoms with van der Waals surface area (Å²) in [7, 11) is 0. The summed E-state index contributed by atoms with van der Waals surface area (Å²) in [6.07, 6.45) is 5.18. The van der Waals surface area contributed by atoms with Gasteiger partial charge in [0.2, 0.25) is 0 Å². The van der Waals surface area contributed by atoms with Gasteiger partial charge >= 0.3 is 0 Å². The predicted octanol–water partition coefficient (Wildman–Crippen LogP) is 4.10. The Morgan fingerprint density at radius 1 is 1.08 bits per heavy atom. The van der Waals surface area contributed by atoms with E-state index in [4.69, 9.17) is 0 Å². The summed E-state index contributed by atoms with van der Waals surface area (Å²) in [6.45, 7) is 2.19. The molecule has 1 aromatic rings. The Morgan fingerprint density at radius 3 is 2.54 bits per heavy atom. The zero-order valence-electron chi connectivity index (χ0n) is 8.22. The van der Waals surface area contributed by atoms with E-state index in [1.54, 1.807) is 0 Å². The van der Waals surface area contributed by atoms with Crippen LogP contribution in [0.2, 0.25) is 0 Å². The van der Waals surface area contributed by atoms with Crippen LogP contribution >= 0.6 is 15.9 Å². The van der Waals surface area contributed by atoms with E-state index in [2.05, 4.69) is 47.1 Å². The molecule has 0 spiro atoms. The number of benzene rings is 1. The van der Waals surface area contributed by atoms with Crippen LogP contribution in [0.1, 0.15) is 30.4 Å². The second-order valence-electron chi connectivity index (χ2n) is 3.43. The Morgan fingerprint density at radius 2 is 1.85 bits per heavy atom. The molecule has 0 aromatic heterocycles. The lowest BCUT2D eigenvalue weighted by Gasteiger charge is -2.04. The van der Waals surface area contributed by atoms with Gasteiger partial charge in [-0.3, -0.25) is 0 Å². The van der Waals surface area contributed by atoms with Crippen LogP contribution in [0.3, 0.4) is 0 Å². The van der Waals surface area contributed by atoms with Crippen molar-refractivity contribution < 1.29 is 0 Å². The number of aryl methyl sites for hydroxylation is 2. The van der Waals surface area contributed by atoms with Crippen molar-refractivity contribution in [2.45, 2.75) is 32.6 Å². The maximum atomic E-state index is 3.45. The van der Waals surface area contributed by atoms with Crippen LogP contribution in [0.4, 0.5) is 0 Å². The summed E-state index contributed by atoms with van der Waals surface area (Å²) in [5.41, 5.74) is 2.94. The summed E-state index contributed by atoms with van der Waals surface area (Å²) < 4.78 is 0. The smallest absolute Gasteiger partial charge is 0.00313 e. The zero-order chi connectivity index (χ0) is 9.52. The Bertz CT molecular complexity index is 243. The first-order valence-corrected chi connectivity index (χ1v) is 6.07. The van der Waals surface area contributed by atoms with E-state index in [-0.39, 0.29) is 0 Å². The van der Waals surface area contributed by atoms with Crippen molar-refractivity contribution in [3.05, 3.63) is 35.4 Å². The van der Waals surface area contributed by atoms with Gasteiger partial charge in [0.15, 0.2) is 0 Å². The minimum atomic E-state index is 1.14. The van der Waals surface area contributed by atoms with Crippen LogP contribution < -0.4 is 0 Å². The molecule has 0 aliphatic rings. The summed E-state index contributed by atoms with van der Waals surface area (Å²) in [5.74, 6) is 0. The molecule has 0 saturated carbocycles. The summed E-state index contributed by atoms with van der Waals surface area (Å²) >= 11 is 3.45. The monoisotopic (exact) mass is 240 g/mol. The van der Waals surface area contributed by atoms with E-state index in [0.717, 1.165) is 5.33 Å². The van der Waals surface area contributed by atoms with Gasteiger partial charge in [-0.15, -0.1) is 0 Å². The number of hydrogen-bond acceptors (Lipinski definition) is 0. The second-order valence-corrected chi connectivity index (χ2v) is 4.22. The van der Waals surface area contributed by atoms with Crippen LogP contribution in [-0.4, -0.2) is 5.33 Å². The number of unbranched alkanes of at least 4 members (excludes halogenated alkanes) is 2. The lowest BCUT2D eigenvalue weighted by atomic mass is 10.0. The molecule has 0 amide bonds. The molecule has 13 heavy (non-hydrogen) atoms. The first kappa shape index (κ1) is 10.8. The molecule has 0 radical (unpaired) electrons. The van der Waals surface area contributed by atoms with Gasteiger partial charge in [-0.25, -0.2) is 0 Å². The predicted molar refractivity (Wildman–Crippen MR) is 62.5 cm³/mol. The first-order chi connectivity index (χ1) is 6.34. The molecule has 0 aliphatic heterocycles. The molecule has 1 aromatic carbocycles. The highest BCUT2D eigenvalue weighted by Gasteiger charge is 1.95. The van der Waals surface area contributed by atoms with E-state index in [0.29, 0.717) is 0 Å². The first-order valence-electron chi connectivity index (χ1n) is 4.95. The molecule has 1 heteroatoms. The third-order valence-electron chi connectivity index (χ3n) is 2.34. The lowest BCUT2D eigenvalue weighted by Crippen LogP contribution is -1.89. The Balaban J connectivity index is 2.32. The fraction of sp³-hybridized carbons (Fsp3) is 0.500. The molecule has 0 saturated heterocycles. The van der Waals surface area contributed by atoms with Gasteiger partial charge < -0.3 is 0 Å². The quantitative estimate of drug-likeness (QED) is 0.537. The van der Waals surface area contributed by atoms with Gasteiger partial charge in [-0.2, -0.15) is 0 Å². The molecular formula is C12H17Br. The Kier molecular flexibility index (Phi) is 5.14. The van der Waals surface area contributed by atoms with E-state index in [1.165, 1.54) is 36.8 Å². The molecule has 0 heterocycles. The van der Waals surface area contributed by atoms with Gasteiger partial charge in [-0.1, -0.05) is 46.6 Å². The van der Waals surface area contributed by atoms with E-state index >= 15 is 0 Å². The minimum absolute atomic E-state index is 1.14. The Hall–Kier alpha value is -0.300. The van der Waals surface area contributed by atoms with Crippen LogP contribution in [0.5, 0.6) is 0 Å². The lowest BCUT2D eigenvalue weighted by molar-refractivity contribution is 0.722. The molecule has 0 unspecified atom stereocenters. The Labute approximate surface area is 89.5 Å². The molecule has 0 atom stereocenters. The summed E-state index contributed by atoms with van der Waals surface area (Å²) in [6, 6.07) is 8.67. The normalized spacial score (nSPS) is 10.3. The highest BCUT2D eigenvalue weighted by Crippen LogP contribution is 2.11. The van der Waals surface area contributed by atoms with Crippen LogP contribution in [-0.2, 0) is 6.42 Å². The van der Waals surface area contributed by atoms with Crippen molar-refractivity contribution in [2.24, 2.45) is 0 Å². The molecule has 0 nitrogen and oxygen atoms in total. The third kappa shape index (κ3) is 3.95. The van der Waals surface area contributed by atoms with Gasteiger partial charge in [0.1, 0.15) is 0 Å². The van der Waals surface area contributed by atoms with Crippen molar-refractivity contribution >= 4 is 15.9 Å². The molecular weight excluding hydrogens is 224 g/mol. The summed E-state index contributed by atoms with van der Waals surface area (Å²) in [4.78, 5) is 0. The molecule has 0 N–H and O–H groups in total. The standard InChI is InChI=1S/C12H17Br/c1-11-7-4-5-9-12(11)8-3-2-6-10-13/h4-5,7,9H,2-3,6,8,10H2,1H3. The van der Waals surface area contributed by atoms with E-state index in [1.807, 2.05) is 0 Å². The molecule has 0 fully saturated rings. The third-order valence-corrected chi connectivity index (χ3v) is 2.90. The molecule has 0 bridgehead atoms. The van der Waals surface area contributed by atoms with Crippen molar-refractivity contribution in [3.63, 3.8) is 0 Å². The van der Waals surface area contributed by atoms with E-state index < -0.39 is 0 Å². The van der Waals surface area contributed by atoms with Crippen molar-refractivity contribution in [3.8, 4) is 0 Å². The number of hydrogen-bond donors (Lipinski definition) is 0. The van der Waals surface area contributed by atoms with Crippen LogP contribution in [0.25, 0.3) is 0 Å². The van der Waals surface area contributed by atoms with E-state index in [9.17, 15) is 0 Å². The second kappa shape index (κ2) is 6.20. The van der Waals surface area contributed by atoms with Gasteiger partial charge in [0, 0.05) is 5.33 Å². The maximum Gasteiger partial charge on any atom is 0.00313 e. The topological polar surface area (TPSA) is 0 Å². The molecule has 72 valence electrons. The van der Waals surface area contributed by atoms with Crippen molar-refractivity contribution in [2.75, 3.05) is 5.33 Å². The molecule has 1 rings (SSSR count). The summed E-state index contributed by atoms with van der Waals surface area (Å²) in [5, 5.41) is 1.14. The SMILES string of the molecule is Cc1ccccc1CCCCCBr. The van der Waals surface area contributed by atoms with Crippen LogP contribution in [0, 0.1) is 6.92 Å². The van der Waals surface area contributed by atoms with Gasteiger partial charge in [0.05, 0.1) is 0 Å². The number of rotatable bonds is 5. The van der Waals surface area contributed by atoms with Crippen LogP contribution in [0.15, 0.2) is 24.3 Å². The average Bonchev–Trinajstić information content (AvgIpc) is 2.15. The fourth-order valence-electron chi connectivity index (χ4n) is 1.48.